The molecule has 1 atom stereocenters. The molecule has 0 aromatic carbocycles. The van der Waals surface area contributed by atoms with Crippen LogP contribution in [0.2, 0.25) is 0 Å². The molecular formula is C18H30N4OS. The first-order valence-corrected chi connectivity index (χ1v) is 8.20. The van der Waals surface area contributed by atoms with Crippen LogP contribution in [-0.2, 0) is 11.3 Å². The molecule has 0 spiro atoms. The quantitative estimate of drug-likeness (QED) is 0.526. The number of ketones is 1. The van der Waals surface area contributed by atoms with Gasteiger partial charge in [0.15, 0.2) is 5.78 Å². The predicted octanol–water partition coefficient (Wildman–Crippen LogP) is 3.04. The number of nitrogens with zero attached hydrogens (tertiary/aromatic N) is 2. The molecule has 1 rings (SSSR count). The highest BCUT2D eigenvalue weighted by atomic mass is 32.1. The van der Waals surface area contributed by atoms with E-state index in [9.17, 15) is 4.79 Å². The molecule has 0 aliphatic rings. The number of pyridine rings is 1. The molecule has 24 heavy (non-hydrogen) atoms. The lowest BCUT2D eigenvalue weighted by Gasteiger charge is -2.17. The minimum Gasteiger partial charge on any atom is -0.393 e. The van der Waals surface area contributed by atoms with Crippen LogP contribution in [0, 0.1) is 5.92 Å². The summed E-state index contributed by atoms with van der Waals surface area (Å²) < 4.78 is 0. The van der Waals surface area contributed by atoms with Crippen molar-refractivity contribution in [1.82, 2.24) is 9.88 Å². The first-order chi connectivity index (χ1) is 10.8. The normalized spacial score (nSPS) is 12.2. The predicted molar refractivity (Wildman–Crippen MR) is 107 cm³/mol. The molecule has 1 aromatic heterocycles. The smallest absolute Gasteiger partial charge is 0.165 e. The van der Waals surface area contributed by atoms with Crippen molar-refractivity contribution in [2.45, 2.75) is 40.7 Å². The van der Waals surface area contributed by atoms with E-state index >= 15 is 0 Å². The van der Waals surface area contributed by atoms with Gasteiger partial charge in [-0.2, -0.15) is 0 Å². The van der Waals surface area contributed by atoms with Crippen LogP contribution in [-0.4, -0.2) is 34.2 Å². The fourth-order valence-electron chi connectivity index (χ4n) is 2.02. The maximum Gasteiger partial charge on any atom is 0.165 e. The van der Waals surface area contributed by atoms with Gasteiger partial charge in [0.1, 0.15) is 5.82 Å². The van der Waals surface area contributed by atoms with Crippen molar-refractivity contribution in [2.24, 2.45) is 11.7 Å². The number of thiocarbonyl (C=S) groups is 1. The number of aromatic nitrogens is 1. The van der Waals surface area contributed by atoms with E-state index in [1.54, 1.807) is 19.2 Å². The molecule has 0 amide bonds. The average Bonchev–Trinajstić information content (AvgIpc) is 2.52. The molecule has 4 N–H and O–H groups in total. The molecule has 1 unspecified atom stereocenters. The van der Waals surface area contributed by atoms with Crippen molar-refractivity contribution in [2.75, 3.05) is 19.3 Å². The number of nitrogens with two attached hydrogens (primary N) is 2. The second-order valence-corrected chi connectivity index (χ2v) is 6.24. The molecule has 0 bridgehead atoms. The third-order valence-electron chi connectivity index (χ3n) is 3.65. The van der Waals surface area contributed by atoms with Crippen LogP contribution in [0.3, 0.4) is 0 Å². The maximum atomic E-state index is 11.9. The van der Waals surface area contributed by atoms with E-state index in [-0.39, 0.29) is 18.2 Å². The molecule has 1 heterocycles. The summed E-state index contributed by atoms with van der Waals surface area (Å²) in [6.07, 6.45) is 7.17. The highest BCUT2D eigenvalue weighted by Crippen LogP contribution is 2.15. The van der Waals surface area contributed by atoms with Gasteiger partial charge in [0.25, 0.3) is 0 Å². The minimum absolute atomic E-state index is 0. The summed E-state index contributed by atoms with van der Waals surface area (Å²) in [5, 5.41) is 0. The molecule has 5 nitrogen and oxygen atoms in total. The van der Waals surface area contributed by atoms with Crippen LogP contribution >= 0.6 is 12.2 Å². The monoisotopic (exact) mass is 350 g/mol. The fourth-order valence-corrected chi connectivity index (χ4v) is 2.13. The van der Waals surface area contributed by atoms with Gasteiger partial charge < -0.3 is 16.4 Å². The highest BCUT2D eigenvalue weighted by molar-refractivity contribution is 7.80. The lowest BCUT2D eigenvalue weighted by atomic mass is 10.1. The minimum atomic E-state index is -0.456. The van der Waals surface area contributed by atoms with E-state index in [2.05, 4.69) is 23.9 Å². The van der Waals surface area contributed by atoms with Crippen molar-refractivity contribution >= 4 is 34.9 Å². The third-order valence-corrected chi connectivity index (χ3v) is 4.00. The molecule has 6 heteroatoms. The van der Waals surface area contributed by atoms with Crippen molar-refractivity contribution in [3.8, 4) is 0 Å². The van der Waals surface area contributed by atoms with Crippen LogP contribution in [0.25, 0.3) is 6.08 Å². The molecule has 0 aliphatic carbocycles. The molecule has 1 aromatic rings. The molecule has 0 fully saturated rings. The Morgan fingerprint density at radius 1 is 1.50 bits per heavy atom. The number of unbranched alkanes of at least 4 members (excludes halogenated alkanes) is 1. The SMILES string of the molecule is C.CCCCN(C)Cc1cc(/C=C/C(=O)C(C)C(N)=S)cnc1N. The fraction of sp³-hybridized carbons (Fsp3) is 0.500. The molecular weight excluding hydrogens is 320 g/mol. The van der Waals surface area contributed by atoms with E-state index in [0.29, 0.717) is 5.82 Å². The van der Waals surface area contributed by atoms with E-state index in [0.717, 1.165) is 37.1 Å². The van der Waals surface area contributed by atoms with Gasteiger partial charge in [0.2, 0.25) is 0 Å². The van der Waals surface area contributed by atoms with Gasteiger partial charge in [0, 0.05) is 18.3 Å². The van der Waals surface area contributed by atoms with Gasteiger partial charge in [-0.1, -0.05) is 33.0 Å². The van der Waals surface area contributed by atoms with Gasteiger partial charge in [0.05, 0.1) is 10.9 Å². The Labute approximate surface area is 151 Å². The summed E-state index contributed by atoms with van der Waals surface area (Å²) in [5.41, 5.74) is 13.2. The highest BCUT2D eigenvalue weighted by Gasteiger charge is 2.12. The summed E-state index contributed by atoms with van der Waals surface area (Å²) in [4.78, 5) is 18.5. The summed E-state index contributed by atoms with van der Waals surface area (Å²) in [6.45, 7) is 5.61. The second kappa shape index (κ2) is 10.9. The Kier molecular flexibility index (Phi) is 10.1. The van der Waals surface area contributed by atoms with E-state index in [1.165, 1.54) is 6.08 Å². The van der Waals surface area contributed by atoms with Crippen LogP contribution in [0.4, 0.5) is 5.82 Å². The van der Waals surface area contributed by atoms with Crippen LogP contribution in [0.15, 0.2) is 18.3 Å². The average molecular weight is 351 g/mol. The van der Waals surface area contributed by atoms with Crippen LogP contribution < -0.4 is 11.5 Å². The number of hydrogen-bond acceptors (Lipinski definition) is 5. The summed E-state index contributed by atoms with van der Waals surface area (Å²) in [5.74, 6) is -0.0492. The lowest BCUT2D eigenvalue weighted by molar-refractivity contribution is -0.115. The molecule has 0 radical (unpaired) electrons. The first kappa shape index (κ1) is 22.2. The number of carbonyl (C=O) groups is 1. The summed E-state index contributed by atoms with van der Waals surface area (Å²) in [6, 6.07) is 1.96. The number of carbonyl (C=O) groups excluding carboxylic acids is 1. The molecule has 0 aliphatic heterocycles. The van der Waals surface area contributed by atoms with E-state index in [1.807, 2.05) is 6.07 Å². The number of anilines is 1. The Hall–Kier alpha value is -1.79. The van der Waals surface area contributed by atoms with Gasteiger partial charge in [-0.05, 0) is 50.7 Å². The molecule has 0 saturated heterocycles. The Balaban J connectivity index is 0.00000529. The van der Waals surface area contributed by atoms with Gasteiger partial charge >= 0.3 is 0 Å². The van der Waals surface area contributed by atoms with Crippen molar-refractivity contribution < 1.29 is 4.79 Å². The lowest BCUT2D eigenvalue weighted by Crippen LogP contribution is -2.24. The summed E-state index contributed by atoms with van der Waals surface area (Å²) in [7, 11) is 2.06. The van der Waals surface area contributed by atoms with Crippen LogP contribution in [0.5, 0.6) is 0 Å². The number of allylic oxidation sites excluding steroid dienone is 1. The van der Waals surface area contributed by atoms with E-state index in [4.69, 9.17) is 23.7 Å². The van der Waals surface area contributed by atoms with Crippen LogP contribution in [0.1, 0.15) is 45.2 Å². The first-order valence-electron chi connectivity index (χ1n) is 7.79. The largest absolute Gasteiger partial charge is 0.393 e. The zero-order valence-electron chi connectivity index (χ0n) is 14.1. The zero-order valence-corrected chi connectivity index (χ0v) is 14.9. The maximum absolute atomic E-state index is 11.9. The number of hydrogen-bond donors (Lipinski definition) is 2. The molecule has 0 saturated carbocycles. The number of rotatable bonds is 9. The Morgan fingerprint density at radius 2 is 2.17 bits per heavy atom. The number of nitrogen functional groups attached to an aromatic ring is 1. The Morgan fingerprint density at radius 3 is 2.75 bits per heavy atom. The van der Waals surface area contributed by atoms with Gasteiger partial charge in [-0.15, -0.1) is 0 Å². The zero-order chi connectivity index (χ0) is 17.4. The standard InChI is InChI=1S/C17H26N4OS.CH4/c1-4-5-8-21(3)11-14-9-13(10-20-16(14)18)6-7-15(22)12(2)17(19)23;/h6-7,9-10,12H,4-5,8,11H2,1-3H3,(H2,18,20)(H2,19,23);1H4/b7-6+;. The van der Waals surface area contributed by atoms with Crippen molar-refractivity contribution in [3.05, 3.63) is 29.5 Å². The third kappa shape index (κ3) is 7.19. The van der Waals surface area contributed by atoms with Gasteiger partial charge in [-0.25, -0.2) is 4.98 Å². The van der Waals surface area contributed by atoms with Crippen molar-refractivity contribution in [1.29, 1.82) is 0 Å². The van der Waals surface area contributed by atoms with Crippen molar-refractivity contribution in [3.63, 3.8) is 0 Å². The summed E-state index contributed by atoms with van der Waals surface area (Å²) >= 11 is 4.83. The molecule has 134 valence electrons. The Bertz CT molecular complexity index is 586. The second-order valence-electron chi connectivity index (χ2n) is 5.76. The van der Waals surface area contributed by atoms with Gasteiger partial charge in [-0.3, -0.25) is 4.79 Å². The van der Waals surface area contributed by atoms with E-state index < -0.39 is 5.92 Å². The topological polar surface area (TPSA) is 85.2 Å².